The van der Waals surface area contributed by atoms with E-state index in [-0.39, 0.29) is 18.2 Å². The van der Waals surface area contributed by atoms with Crippen molar-refractivity contribution in [3.63, 3.8) is 0 Å². The SMILES string of the molecule is Cc1c(NC(=O)[C@H]2CC(=O)N(c3ccc(Cl)cc3)C2)ccc(Br)c1Cl. The number of hydrogen-bond donors (Lipinski definition) is 1. The Bertz CT molecular complexity index is 840. The standard InChI is InChI=1S/C18H15BrCl2N2O2/c1-10-15(7-6-14(19)17(10)21)22-18(25)11-8-16(24)23(9-11)13-4-2-12(20)3-5-13/h2-7,11H,8-9H2,1H3,(H,22,25)/t11-/m0/s1. The van der Waals surface area contributed by atoms with Gasteiger partial charge in [-0.05, 0) is 64.8 Å². The first-order valence-corrected chi connectivity index (χ1v) is 9.23. The first-order valence-electron chi connectivity index (χ1n) is 7.68. The average Bonchev–Trinajstić information content (AvgIpc) is 2.98. The molecule has 3 rings (SSSR count). The smallest absolute Gasteiger partial charge is 0.229 e. The van der Waals surface area contributed by atoms with Crippen LogP contribution in [-0.2, 0) is 9.59 Å². The van der Waals surface area contributed by atoms with Crippen molar-refractivity contribution in [1.29, 1.82) is 0 Å². The lowest BCUT2D eigenvalue weighted by Crippen LogP contribution is -2.28. The van der Waals surface area contributed by atoms with E-state index in [2.05, 4.69) is 21.2 Å². The van der Waals surface area contributed by atoms with Gasteiger partial charge in [0.2, 0.25) is 11.8 Å². The molecular formula is C18H15BrCl2N2O2. The predicted octanol–water partition coefficient (Wildman–Crippen LogP) is 5.06. The lowest BCUT2D eigenvalue weighted by Gasteiger charge is -2.17. The number of nitrogens with zero attached hydrogens (tertiary/aromatic N) is 1. The average molecular weight is 442 g/mol. The van der Waals surface area contributed by atoms with Gasteiger partial charge in [0.25, 0.3) is 0 Å². The number of nitrogens with one attached hydrogen (secondary N) is 1. The molecule has 1 aliphatic rings. The van der Waals surface area contributed by atoms with Crippen LogP contribution in [0.1, 0.15) is 12.0 Å². The summed E-state index contributed by atoms with van der Waals surface area (Å²) in [5.41, 5.74) is 2.17. The van der Waals surface area contributed by atoms with Crippen LogP contribution in [0.5, 0.6) is 0 Å². The van der Waals surface area contributed by atoms with Crippen LogP contribution < -0.4 is 10.2 Å². The van der Waals surface area contributed by atoms with E-state index in [1.165, 1.54) is 0 Å². The van der Waals surface area contributed by atoms with E-state index in [1.807, 2.05) is 6.92 Å². The number of carbonyl (C=O) groups excluding carboxylic acids is 2. The van der Waals surface area contributed by atoms with Crippen LogP contribution in [0.15, 0.2) is 40.9 Å². The summed E-state index contributed by atoms with van der Waals surface area (Å²) in [6.45, 7) is 2.18. The van der Waals surface area contributed by atoms with Crippen molar-refractivity contribution in [2.75, 3.05) is 16.8 Å². The highest BCUT2D eigenvalue weighted by molar-refractivity contribution is 9.10. The van der Waals surface area contributed by atoms with Gasteiger partial charge >= 0.3 is 0 Å². The molecule has 0 radical (unpaired) electrons. The van der Waals surface area contributed by atoms with Gasteiger partial charge < -0.3 is 10.2 Å². The predicted molar refractivity (Wildman–Crippen MR) is 104 cm³/mol. The summed E-state index contributed by atoms with van der Waals surface area (Å²) in [6, 6.07) is 10.6. The quantitative estimate of drug-likeness (QED) is 0.723. The second-order valence-corrected chi connectivity index (χ2v) is 7.57. The molecule has 1 heterocycles. The van der Waals surface area contributed by atoms with Gasteiger partial charge in [0.15, 0.2) is 0 Å². The van der Waals surface area contributed by atoms with Gasteiger partial charge in [0.1, 0.15) is 0 Å². The van der Waals surface area contributed by atoms with Gasteiger partial charge in [-0.3, -0.25) is 9.59 Å². The Labute approximate surface area is 164 Å². The van der Waals surface area contributed by atoms with Crippen molar-refractivity contribution in [2.45, 2.75) is 13.3 Å². The number of amides is 2. The molecular weight excluding hydrogens is 427 g/mol. The fraction of sp³-hybridized carbons (Fsp3) is 0.222. The van der Waals surface area contributed by atoms with Crippen LogP contribution >= 0.6 is 39.1 Å². The molecule has 0 spiro atoms. The maximum absolute atomic E-state index is 12.6. The molecule has 0 aromatic heterocycles. The van der Waals surface area contributed by atoms with Gasteiger partial charge in [-0.15, -0.1) is 0 Å². The minimum Gasteiger partial charge on any atom is -0.325 e. The number of halogens is 3. The summed E-state index contributed by atoms with van der Waals surface area (Å²) >= 11 is 15.4. The minimum absolute atomic E-state index is 0.0759. The monoisotopic (exact) mass is 440 g/mol. The first kappa shape index (κ1) is 18.2. The molecule has 1 N–H and O–H groups in total. The maximum atomic E-state index is 12.6. The zero-order valence-corrected chi connectivity index (χ0v) is 16.5. The zero-order valence-electron chi connectivity index (χ0n) is 13.4. The number of hydrogen-bond acceptors (Lipinski definition) is 2. The summed E-state index contributed by atoms with van der Waals surface area (Å²) in [4.78, 5) is 26.5. The molecule has 130 valence electrons. The molecule has 2 aromatic rings. The molecule has 7 heteroatoms. The van der Waals surface area contributed by atoms with Crippen molar-refractivity contribution in [3.8, 4) is 0 Å². The lowest BCUT2D eigenvalue weighted by atomic mass is 10.1. The first-order chi connectivity index (χ1) is 11.9. The zero-order chi connectivity index (χ0) is 18.1. The van der Waals surface area contributed by atoms with E-state index in [1.54, 1.807) is 41.3 Å². The van der Waals surface area contributed by atoms with Crippen molar-refractivity contribution in [3.05, 3.63) is 56.5 Å². The summed E-state index contributed by atoms with van der Waals surface area (Å²) in [5.74, 6) is -0.677. The van der Waals surface area contributed by atoms with E-state index in [0.717, 1.165) is 15.7 Å². The molecule has 2 amide bonds. The number of carbonyl (C=O) groups is 2. The van der Waals surface area contributed by atoms with Crippen LogP contribution in [-0.4, -0.2) is 18.4 Å². The molecule has 0 saturated carbocycles. The fourth-order valence-corrected chi connectivity index (χ4v) is 3.50. The Morgan fingerprint density at radius 3 is 2.56 bits per heavy atom. The second kappa shape index (κ2) is 7.36. The molecule has 0 aliphatic carbocycles. The van der Waals surface area contributed by atoms with Crippen LogP contribution in [0.3, 0.4) is 0 Å². The number of benzene rings is 2. The normalized spacial score (nSPS) is 17.0. The Morgan fingerprint density at radius 1 is 1.20 bits per heavy atom. The molecule has 1 atom stereocenters. The highest BCUT2D eigenvalue weighted by Gasteiger charge is 2.35. The topological polar surface area (TPSA) is 49.4 Å². The van der Waals surface area contributed by atoms with E-state index >= 15 is 0 Å². The van der Waals surface area contributed by atoms with Gasteiger partial charge in [0.05, 0.1) is 10.9 Å². The third-order valence-electron chi connectivity index (χ3n) is 4.23. The van der Waals surface area contributed by atoms with Crippen LogP contribution in [0.25, 0.3) is 0 Å². The van der Waals surface area contributed by atoms with E-state index in [0.29, 0.717) is 22.3 Å². The second-order valence-electron chi connectivity index (χ2n) is 5.90. The van der Waals surface area contributed by atoms with Crippen molar-refractivity contribution in [2.24, 2.45) is 5.92 Å². The van der Waals surface area contributed by atoms with E-state index in [9.17, 15) is 9.59 Å². The lowest BCUT2D eigenvalue weighted by molar-refractivity contribution is -0.122. The summed E-state index contributed by atoms with van der Waals surface area (Å²) in [6.07, 6.45) is 0.178. The summed E-state index contributed by atoms with van der Waals surface area (Å²) < 4.78 is 0.773. The Balaban J connectivity index is 1.73. The highest BCUT2D eigenvalue weighted by Crippen LogP contribution is 2.32. The van der Waals surface area contributed by atoms with E-state index in [4.69, 9.17) is 23.2 Å². The molecule has 1 aliphatic heterocycles. The third-order valence-corrected chi connectivity index (χ3v) is 5.86. The minimum atomic E-state index is -0.412. The van der Waals surface area contributed by atoms with Crippen molar-refractivity contribution >= 4 is 62.3 Å². The Hall–Kier alpha value is -1.56. The van der Waals surface area contributed by atoms with Crippen molar-refractivity contribution in [1.82, 2.24) is 0 Å². The van der Waals surface area contributed by atoms with E-state index < -0.39 is 5.92 Å². The molecule has 1 fully saturated rings. The molecule has 25 heavy (non-hydrogen) atoms. The molecule has 4 nitrogen and oxygen atoms in total. The van der Waals surface area contributed by atoms with Gasteiger partial charge in [-0.2, -0.15) is 0 Å². The molecule has 0 unspecified atom stereocenters. The molecule has 0 bridgehead atoms. The Morgan fingerprint density at radius 2 is 1.88 bits per heavy atom. The van der Waals surface area contributed by atoms with Gasteiger partial charge in [-0.1, -0.05) is 23.2 Å². The molecule has 2 aromatic carbocycles. The van der Waals surface area contributed by atoms with Gasteiger partial charge in [-0.25, -0.2) is 0 Å². The summed E-state index contributed by atoms with van der Waals surface area (Å²) in [7, 11) is 0. The number of rotatable bonds is 3. The fourth-order valence-electron chi connectivity index (χ4n) is 2.78. The number of anilines is 2. The van der Waals surface area contributed by atoms with Crippen LogP contribution in [0.4, 0.5) is 11.4 Å². The van der Waals surface area contributed by atoms with Gasteiger partial charge in [0, 0.05) is 33.8 Å². The Kier molecular flexibility index (Phi) is 5.37. The van der Waals surface area contributed by atoms with Crippen LogP contribution in [0, 0.1) is 12.8 Å². The largest absolute Gasteiger partial charge is 0.325 e. The molecule has 1 saturated heterocycles. The highest BCUT2D eigenvalue weighted by atomic mass is 79.9. The third kappa shape index (κ3) is 3.84. The maximum Gasteiger partial charge on any atom is 0.229 e. The van der Waals surface area contributed by atoms with Crippen LogP contribution in [0.2, 0.25) is 10.0 Å². The van der Waals surface area contributed by atoms with Crippen molar-refractivity contribution < 1.29 is 9.59 Å². The summed E-state index contributed by atoms with van der Waals surface area (Å²) in [5, 5.41) is 4.04.